The number of rotatable bonds is 1. The van der Waals surface area contributed by atoms with Crippen LogP contribution in [0.2, 0.25) is 10.2 Å². The van der Waals surface area contributed by atoms with Crippen LogP contribution in [0.15, 0.2) is 12.3 Å². The maximum absolute atomic E-state index is 12.8. The number of pyridine rings is 1. The molecule has 3 rings (SSSR count). The molecule has 2 fully saturated rings. The summed E-state index contributed by atoms with van der Waals surface area (Å²) >= 11 is 11.8. The average Bonchev–Trinajstić information content (AvgIpc) is 2.61. The van der Waals surface area contributed by atoms with Crippen molar-refractivity contribution in [2.24, 2.45) is 10.8 Å². The van der Waals surface area contributed by atoms with E-state index in [1.54, 1.807) is 6.07 Å². The van der Waals surface area contributed by atoms with Crippen LogP contribution in [-0.2, 0) is 0 Å². The van der Waals surface area contributed by atoms with E-state index < -0.39 is 0 Å². The number of carbonyl (C=O) groups excluding carboxylic acids is 1. The highest BCUT2D eigenvalue weighted by molar-refractivity contribution is 6.41. The second kappa shape index (κ2) is 4.85. The van der Waals surface area contributed by atoms with Gasteiger partial charge in [-0.3, -0.25) is 4.79 Å². The smallest absolute Gasteiger partial charge is 0.255 e. The van der Waals surface area contributed by atoms with Crippen LogP contribution in [0, 0.1) is 10.8 Å². The predicted molar refractivity (Wildman–Crippen MR) is 84.8 cm³/mol. The number of hydrogen-bond acceptors (Lipinski definition) is 2. The zero-order valence-corrected chi connectivity index (χ0v) is 14.1. The molecule has 114 valence electrons. The van der Waals surface area contributed by atoms with Crippen molar-refractivity contribution in [3.8, 4) is 0 Å². The van der Waals surface area contributed by atoms with Gasteiger partial charge in [0.2, 0.25) is 0 Å². The zero-order valence-electron chi connectivity index (χ0n) is 12.6. The highest BCUT2D eigenvalue weighted by atomic mass is 35.5. The SMILES string of the molecule is CC1(C)CC2CC(C)(CN2C(=O)c2cnc(Cl)c(Cl)c2)C1. The van der Waals surface area contributed by atoms with E-state index in [0.29, 0.717) is 22.0 Å². The van der Waals surface area contributed by atoms with Gasteiger partial charge in [0.1, 0.15) is 5.15 Å². The molecule has 2 unspecified atom stereocenters. The highest BCUT2D eigenvalue weighted by Crippen LogP contribution is 2.52. The summed E-state index contributed by atoms with van der Waals surface area (Å²) < 4.78 is 0. The van der Waals surface area contributed by atoms with Gasteiger partial charge in [0.25, 0.3) is 5.91 Å². The summed E-state index contributed by atoms with van der Waals surface area (Å²) in [5.74, 6) is 0.0208. The topological polar surface area (TPSA) is 33.2 Å². The van der Waals surface area contributed by atoms with E-state index in [1.807, 2.05) is 4.90 Å². The fraction of sp³-hybridized carbons (Fsp3) is 0.625. The van der Waals surface area contributed by atoms with E-state index in [4.69, 9.17) is 23.2 Å². The van der Waals surface area contributed by atoms with Gasteiger partial charge in [-0.25, -0.2) is 4.98 Å². The van der Waals surface area contributed by atoms with E-state index in [2.05, 4.69) is 25.8 Å². The normalized spacial score (nSPS) is 30.5. The molecule has 2 bridgehead atoms. The lowest BCUT2D eigenvalue weighted by Crippen LogP contribution is -2.37. The van der Waals surface area contributed by atoms with Crippen molar-refractivity contribution >= 4 is 29.1 Å². The molecule has 1 saturated heterocycles. The molecule has 1 aromatic heterocycles. The molecule has 0 N–H and O–H groups in total. The number of halogens is 2. The van der Waals surface area contributed by atoms with E-state index >= 15 is 0 Å². The number of nitrogens with zero attached hydrogens (tertiary/aromatic N) is 2. The second-order valence-electron chi connectivity index (χ2n) is 7.64. The van der Waals surface area contributed by atoms with Gasteiger partial charge in [-0.1, -0.05) is 44.0 Å². The van der Waals surface area contributed by atoms with Crippen LogP contribution in [0.1, 0.15) is 50.4 Å². The van der Waals surface area contributed by atoms with Gasteiger partial charge >= 0.3 is 0 Å². The summed E-state index contributed by atoms with van der Waals surface area (Å²) in [6.07, 6.45) is 4.84. The van der Waals surface area contributed by atoms with Crippen molar-refractivity contribution in [2.45, 2.75) is 46.1 Å². The second-order valence-corrected chi connectivity index (χ2v) is 8.41. The van der Waals surface area contributed by atoms with Gasteiger partial charge in [-0.05, 0) is 36.2 Å². The van der Waals surface area contributed by atoms with Gasteiger partial charge in [0.15, 0.2) is 0 Å². The van der Waals surface area contributed by atoms with Crippen LogP contribution < -0.4 is 0 Å². The maximum atomic E-state index is 12.8. The molecule has 0 radical (unpaired) electrons. The first-order chi connectivity index (χ1) is 9.69. The molecular formula is C16H20Cl2N2O. The quantitative estimate of drug-likeness (QED) is 0.715. The first-order valence-corrected chi connectivity index (χ1v) is 8.07. The van der Waals surface area contributed by atoms with Crippen molar-refractivity contribution in [1.29, 1.82) is 0 Å². The maximum Gasteiger partial charge on any atom is 0.255 e. The van der Waals surface area contributed by atoms with E-state index in [1.165, 1.54) is 12.6 Å². The lowest BCUT2D eigenvalue weighted by molar-refractivity contribution is 0.0708. The Morgan fingerprint density at radius 3 is 2.71 bits per heavy atom. The van der Waals surface area contributed by atoms with Crippen molar-refractivity contribution in [3.63, 3.8) is 0 Å². The van der Waals surface area contributed by atoms with Crippen LogP contribution in [0.4, 0.5) is 0 Å². The minimum absolute atomic E-state index is 0.0208. The summed E-state index contributed by atoms with van der Waals surface area (Å²) in [6, 6.07) is 1.94. The standard InChI is InChI=1S/C16H20Cl2N2O/c1-15(2)5-11-6-16(3,8-15)9-20(11)14(21)10-4-12(17)13(18)19-7-10/h4,7,11H,5-6,8-9H2,1-3H3. The number of fused-ring (bicyclic) bond motifs is 2. The number of likely N-dealkylation sites (tertiary alicyclic amines) is 1. The van der Waals surface area contributed by atoms with Crippen LogP contribution in [-0.4, -0.2) is 28.4 Å². The summed E-state index contributed by atoms with van der Waals surface area (Å²) in [5.41, 5.74) is 1.05. The Kier molecular flexibility index (Phi) is 3.49. The van der Waals surface area contributed by atoms with Gasteiger partial charge in [0.05, 0.1) is 10.6 Å². The molecule has 1 aromatic rings. The molecule has 0 aromatic carbocycles. The number of amides is 1. The highest BCUT2D eigenvalue weighted by Gasteiger charge is 2.51. The summed E-state index contributed by atoms with van der Waals surface area (Å²) in [6.45, 7) is 7.71. The van der Waals surface area contributed by atoms with Crippen LogP contribution in [0.3, 0.4) is 0 Å². The third-order valence-corrected chi connectivity index (χ3v) is 5.40. The van der Waals surface area contributed by atoms with Crippen molar-refractivity contribution in [1.82, 2.24) is 9.88 Å². The van der Waals surface area contributed by atoms with E-state index in [9.17, 15) is 4.79 Å². The van der Waals surface area contributed by atoms with Gasteiger partial charge < -0.3 is 4.90 Å². The minimum atomic E-state index is 0.0208. The third-order valence-electron chi connectivity index (χ3n) is 4.72. The van der Waals surface area contributed by atoms with Crippen molar-refractivity contribution in [3.05, 3.63) is 28.0 Å². The first kappa shape index (κ1) is 15.1. The molecule has 1 aliphatic heterocycles. The molecule has 21 heavy (non-hydrogen) atoms. The van der Waals surface area contributed by atoms with Crippen LogP contribution >= 0.6 is 23.2 Å². The summed E-state index contributed by atoms with van der Waals surface area (Å²) in [7, 11) is 0. The largest absolute Gasteiger partial charge is 0.335 e. The molecular weight excluding hydrogens is 307 g/mol. The Morgan fingerprint density at radius 1 is 1.33 bits per heavy atom. The minimum Gasteiger partial charge on any atom is -0.335 e. The Balaban J connectivity index is 1.87. The number of hydrogen-bond donors (Lipinski definition) is 0. The zero-order chi connectivity index (χ0) is 15.4. The monoisotopic (exact) mass is 326 g/mol. The average molecular weight is 327 g/mol. The predicted octanol–water partition coefficient (Wildman–Crippen LogP) is 4.43. The molecule has 2 aliphatic rings. The van der Waals surface area contributed by atoms with Gasteiger partial charge in [-0.2, -0.15) is 0 Å². The number of aromatic nitrogens is 1. The Morgan fingerprint density at radius 2 is 2.05 bits per heavy atom. The molecule has 2 atom stereocenters. The number of carbonyl (C=O) groups is 1. The fourth-order valence-electron chi connectivity index (χ4n) is 4.40. The van der Waals surface area contributed by atoms with Crippen LogP contribution in [0.25, 0.3) is 0 Å². The van der Waals surface area contributed by atoms with Crippen LogP contribution in [0.5, 0.6) is 0 Å². The van der Waals surface area contributed by atoms with Gasteiger partial charge in [-0.15, -0.1) is 0 Å². The van der Waals surface area contributed by atoms with Gasteiger partial charge in [0, 0.05) is 18.8 Å². The molecule has 2 heterocycles. The van der Waals surface area contributed by atoms with E-state index in [0.717, 1.165) is 19.4 Å². The Bertz CT molecular complexity index is 602. The lowest BCUT2D eigenvalue weighted by atomic mass is 9.65. The molecule has 1 amide bonds. The lowest BCUT2D eigenvalue weighted by Gasteiger charge is -2.39. The molecule has 3 nitrogen and oxygen atoms in total. The summed E-state index contributed by atoms with van der Waals surface area (Å²) in [4.78, 5) is 18.8. The fourth-order valence-corrected chi connectivity index (χ4v) is 4.67. The summed E-state index contributed by atoms with van der Waals surface area (Å²) in [5, 5.41) is 0.567. The Hall–Kier alpha value is -0.800. The molecule has 1 aliphatic carbocycles. The first-order valence-electron chi connectivity index (χ1n) is 7.31. The van der Waals surface area contributed by atoms with Crippen molar-refractivity contribution < 1.29 is 4.79 Å². The molecule has 0 spiro atoms. The van der Waals surface area contributed by atoms with Crippen molar-refractivity contribution in [2.75, 3.05) is 6.54 Å². The van der Waals surface area contributed by atoms with E-state index in [-0.39, 0.29) is 16.5 Å². The molecule has 1 saturated carbocycles. The molecule has 5 heteroatoms. The Labute approximate surface area is 135 Å². The third kappa shape index (κ3) is 2.78.